The predicted octanol–water partition coefficient (Wildman–Crippen LogP) is 2.04. The number of aldehydes is 1. The van der Waals surface area contributed by atoms with E-state index in [0.29, 0.717) is 0 Å². The second-order valence-electron chi connectivity index (χ2n) is 3.30. The fourth-order valence-electron chi connectivity index (χ4n) is 1.52. The molecule has 2 rings (SSSR count). The summed E-state index contributed by atoms with van der Waals surface area (Å²) in [7, 11) is 0. The van der Waals surface area contributed by atoms with Crippen molar-refractivity contribution >= 4 is 12.4 Å². The summed E-state index contributed by atoms with van der Waals surface area (Å²) < 4.78 is 10.5. The second kappa shape index (κ2) is 4.24. The van der Waals surface area contributed by atoms with E-state index in [9.17, 15) is 4.79 Å². The van der Waals surface area contributed by atoms with Gasteiger partial charge in [-0.1, -0.05) is 6.08 Å². The summed E-state index contributed by atoms with van der Waals surface area (Å²) in [4.78, 5) is 10.4. The number of furan rings is 1. The molecule has 0 aromatic carbocycles. The lowest BCUT2D eigenvalue weighted by atomic mass is 10.2. The molecule has 1 aliphatic rings. The van der Waals surface area contributed by atoms with Crippen LogP contribution in [0.3, 0.4) is 0 Å². The van der Waals surface area contributed by atoms with Crippen molar-refractivity contribution in [2.45, 2.75) is 25.0 Å². The molecule has 0 aliphatic carbocycles. The van der Waals surface area contributed by atoms with Gasteiger partial charge in [-0.3, -0.25) is 0 Å². The van der Waals surface area contributed by atoms with Crippen LogP contribution < -0.4 is 0 Å². The van der Waals surface area contributed by atoms with Crippen LogP contribution in [0, 0.1) is 0 Å². The topological polar surface area (TPSA) is 39.4 Å². The monoisotopic (exact) mass is 192 g/mol. The Morgan fingerprint density at radius 2 is 2.21 bits per heavy atom. The molecule has 0 saturated carbocycles. The highest BCUT2D eigenvalue weighted by Crippen LogP contribution is 2.19. The largest absolute Gasteiger partial charge is 0.465 e. The average Bonchev–Trinajstić information content (AvgIpc) is 2.86. The van der Waals surface area contributed by atoms with Gasteiger partial charge in [-0.2, -0.15) is 0 Å². The Labute approximate surface area is 82.4 Å². The first-order chi connectivity index (χ1) is 6.88. The third-order valence-electron chi connectivity index (χ3n) is 2.26. The second-order valence-corrected chi connectivity index (χ2v) is 3.30. The van der Waals surface area contributed by atoms with Crippen molar-refractivity contribution in [3.8, 4) is 0 Å². The molecule has 3 nitrogen and oxygen atoms in total. The van der Waals surface area contributed by atoms with Crippen LogP contribution >= 0.6 is 0 Å². The van der Waals surface area contributed by atoms with E-state index in [-0.39, 0.29) is 12.2 Å². The predicted molar refractivity (Wildman–Crippen MR) is 51.7 cm³/mol. The van der Waals surface area contributed by atoms with Gasteiger partial charge in [0.05, 0.1) is 12.4 Å². The minimum atomic E-state index is -0.221. The zero-order chi connectivity index (χ0) is 9.80. The first kappa shape index (κ1) is 9.21. The first-order valence-electron chi connectivity index (χ1n) is 4.71. The Morgan fingerprint density at radius 3 is 2.86 bits per heavy atom. The average molecular weight is 192 g/mol. The molecule has 1 saturated heterocycles. The third-order valence-corrected chi connectivity index (χ3v) is 2.26. The molecule has 2 heterocycles. The zero-order valence-electron chi connectivity index (χ0n) is 7.76. The van der Waals surface area contributed by atoms with Crippen LogP contribution in [-0.4, -0.2) is 18.5 Å². The molecule has 1 aliphatic heterocycles. The molecule has 1 fully saturated rings. The van der Waals surface area contributed by atoms with Gasteiger partial charge in [0, 0.05) is 0 Å². The van der Waals surface area contributed by atoms with E-state index >= 15 is 0 Å². The van der Waals surface area contributed by atoms with Crippen molar-refractivity contribution in [3.05, 3.63) is 30.2 Å². The summed E-state index contributed by atoms with van der Waals surface area (Å²) >= 11 is 0. The SMILES string of the molecule is O=CC1CCC(C=Cc2ccco2)O1. The molecule has 2 atom stereocenters. The van der Waals surface area contributed by atoms with E-state index in [0.717, 1.165) is 24.9 Å². The van der Waals surface area contributed by atoms with E-state index < -0.39 is 0 Å². The lowest BCUT2D eigenvalue weighted by molar-refractivity contribution is -0.116. The number of hydrogen-bond acceptors (Lipinski definition) is 3. The van der Waals surface area contributed by atoms with Crippen molar-refractivity contribution in [2.24, 2.45) is 0 Å². The lowest BCUT2D eigenvalue weighted by Crippen LogP contribution is -2.09. The molecule has 0 spiro atoms. The van der Waals surface area contributed by atoms with Crippen molar-refractivity contribution in [3.63, 3.8) is 0 Å². The summed E-state index contributed by atoms with van der Waals surface area (Å²) in [6.45, 7) is 0. The summed E-state index contributed by atoms with van der Waals surface area (Å²) in [5, 5.41) is 0. The molecule has 2 unspecified atom stereocenters. The Morgan fingerprint density at radius 1 is 1.36 bits per heavy atom. The molecule has 3 heteroatoms. The summed E-state index contributed by atoms with van der Waals surface area (Å²) in [6.07, 6.45) is 7.85. The van der Waals surface area contributed by atoms with Crippen LogP contribution in [0.1, 0.15) is 18.6 Å². The third kappa shape index (κ3) is 2.12. The number of carbonyl (C=O) groups is 1. The number of rotatable bonds is 3. The normalized spacial score (nSPS) is 27.1. The Kier molecular flexibility index (Phi) is 2.79. The Hall–Kier alpha value is -1.35. The van der Waals surface area contributed by atoms with Crippen LogP contribution in [0.15, 0.2) is 28.9 Å². The van der Waals surface area contributed by atoms with E-state index in [2.05, 4.69) is 0 Å². The molecule has 0 N–H and O–H groups in total. The maximum Gasteiger partial charge on any atom is 0.148 e. The quantitative estimate of drug-likeness (QED) is 0.688. The molecule has 0 amide bonds. The van der Waals surface area contributed by atoms with Crippen molar-refractivity contribution in [1.82, 2.24) is 0 Å². The van der Waals surface area contributed by atoms with E-state index in [1.807, 2.05) is 24.3 Å². The smallest absolute Gasteiger partial charge is 0.148 e. The van der Waals surface area contributed by atoms with E-state index in [1.165, 1.54) is 0 Å². The van der Waals surface area contributed by atoms with Gasteiger partial charge >= 0.3 is 0 Å². The minimum absolute atomic E-state index is 0.0512. The van der Waals surface area contributed by atoms with E-state index in [1.54, 1.807) is 6.26 Å². The molecule has 14 heavy (non-hydrogen) atoms. The molecular formula is C11H12O3. The summed E-state index contributed by atoms with van der Waals surface area (Å²) in [5.74, 6) is 0.808. The molecule has 74 valence electrons. The Bertz CT molecular complexity index is 313. The number of ether oxygens (including phenoxy) is 1. The van der Waals surface area contributed by atoms with Gasteiger partial charge in [0.15, 0.2) is 0 Å². The Balaban J connectivity index is 1.90. The van der Waals surface area contributed by atoms with Crippen LogP contribution in [0.2, 0.25) is 0 Å². The molecular weight excluding hydrogens is 180 g/mol. The lowest BCUT2D eigenvalue weighted by Gasteiger charge is -2.03. The molecule has 1 aromatic heterocycles. The standard InChI is InChI=1S/C11H12O3/c12-8-11-6-5-10(14-11)4-3-9-2-1-7-13-9/h1-4,7-8,10-11H,5-6H2. The zero-order valence-corrected chi connectivity index (χ0v) is 7.76. The van der Waals surface area contributed by atoms with Crippen molar-refractivity contribution in [1.29, 1.82) is 0 Å². The fraction of sp³-hybridized carbons (Fsp3) is 0.364. The number of hydrogen-bond donors (Lipinski definition) is 0. The molecule has 0 bridgehead atoms. The minimum Gasteiger partial charge on any atom is -0.465 e. The molecule has 0 radical (unpaired) electrons. The maximum atomic E-state index is 10.4. The first-order valence-corrected chi connectivity index (χ1v) is 4.71. The summed E-state index contributed by atoms with van der Waals surface area (Å²) in [5.41, 5.74) is 0. The van der Waals surface area contributed by atoms with Crippen LogP contribution in [-0.2, 0) is 9.53 Å². The van der Waals surface area contributed by atoms with Crippen LogP contribution in [0.5, 0.6) is 0 Å². The fourth-order valence-corrected chi connectivity index (χ4v) is 1.52. The van der Waals surface area contributed by atoms with Gasteiger partial charge in [0.2, 0.25) is 0 Å². The number of carbonyl (C=O) groups excluding carboxylic acids is 1. The molecule has 1 aromatic rings. The maximum absolute atomic E-state index is 10.4. The highest BCUT2D eigenvalue weighted by Gasteiger charge is 2.22. The van der Waals surface area contributed by atoms with Gasteiger partial charge in [0.25, 0.3) is 0 Å². The highest BCUT2D eigenvalue weighted by atomic mass is 16.5. The summed E-state index contributed by atoms with van der Waals surface area (Å²) in [6, 6.07) is 3.71. The highest BCUT2D eigenvalue weighted by molar-refractivity contribution is 5.56. The van der Waals surface area contributed by atoms with Crippen molar-refractivity contribution < 1.29 is 13.9 Å². The van der Waals surface area contributed by atoms with Crippen molar-refractivity contribution in [2.75, 3.05) is 0 Å². The van der Waals surface area contributed by atoms with Crippen LogP contribution in [0.25, 0.3) is 6.08 Å². The van der Waals surface area contributed by atoms with Gasteiger partial charge in [-0.25, -0.2) is 0 Å². The van der Waals surface area contributed by atoms with Gasteiger partial charge in [0.1, 0.15) is 18.2 Å². The van der Waals surface area contributed by atoms with Gasteiger partial charge in [-0.15, -0.1) is 0 Å². The van der Waals surface area contributed by atoms with E-state index in [4.69, 9.17) is 9.15 Å². The van der Waals surface area contributed by atoms with Gasteiger partial charge in [-0.05, 0) is 31.1 Å². The van der Waals surface area contributed by atoms with Gasteiger partial charge < -0.3 is 13.9 Å². The van der Waals surface area contributed by atoms with Crippen LogP contribution in [0.4, 0.5) is 0 Å².